The number of hydrogen-bond acceptors (Lipinski definition) is 3. The van der Waals surface area contributed by atoms with Gasteiger partial charge in [-0.25, -0.2) is 0 Å². The predicted octanol–water partition coefficient (Wildman–Crippen LogP) is 1.35. The summed E-state index contributed by atoms with van der Waals surface area (Å²) in [6.07, 6.45) is 8.31. The molecule has 104 valence electrons. The Labute approximate surface area is 109 Å². The number of carbonyl (C=O) groups is 1. The van der Waals surface area contributed by atoms with E-state index in [-0.39, 0.29) is 24.5 Å². The summed E-state index contributed by atoms with van der Waals surface area (Å²) in [6.45, 7) is 0.128. The molecule has 0 spiro atoms. The smallest absolute Gasteiger partial charge is 0.252 e. The van der Waals surface area contributed by atoms with Crippen molar-refractivity contribution in [3.05, 3.63) is 0 Å². The largest absolute Gasteiger partial charge is 0.396 e. The van der Waals surface area contributed by atoms with Gasteiger partial charge >= 0.3 is 0 Å². The third-order valence-corrected chi connectivity index (χ3v) is 4.56. The third-order valence-electron chi connectivity index (χ3n) is 4.56. The predicted molar refractivity (Wildman–Crippen MR) is 69.0 cm³/mol. The van der Waals surface area contributed by atoms with E-state index in [9.17, 15) is 15.0 Å². The molecule has 0 aromatic rings. The zero-order valence-corrected chi connectivity index (χ0v) is 11.0. The Morgan fingerprint density at radius 1 is 1.11 bits per heavy atom. The lowest BCUT2D eigenvalue weighted by Gasteiger charge is -2.29. The number of hydrogen-bond donors (Lipinski definition) is 3. The highest BCUT2D eigenvalue weighted by Crippen LogP contribution is 2.31. The van der Waals surface area contributed by atoms with Gasteiger partial charge < -0.3 is 15.5 Å². The summed E-state index contributed by atoms with van der Waals surface area (Å²) in [7, 11) is 0. The quantitative estimate of drug-likeness (QED) is 0.667. The fraction of sp³-hybridized carbons (Fsp3) is 0.929. The van der Waals surface area contributed by atoms with Crippen molar-refractivity contribution in [3.8, 4) is 0 Å². The number of aliphatic hydroxyl groups excluding tert-OH is 1. The lowest BCUT2D eigenvalue weighted by molar-refractivity contribution is -0.140. The van der Waals surface area contributed by atoms with E-state index >= 15 is 0 Å². The zero-order chi connectivity index (χ0) is 13.0. The molecule has 4 heteroatoms. The highest BCUT2D eigenvalue weighted by atomic mass is 16.3. The highest BCUT2D eigenvalue weighted by molar-refractivity contribution is 5.85. The van der Waals surface area contributed by atoms with Crippen LogP contribution in [0.5, 0.6) is 0 Å². The molecule has 2 saturated carbocycles. The maximum absolute atomic E-state index is 12.2. The number of aliphatic hydroxyl groups is 2. The van der Waals surface area contributed by atoms with Crippen LogP contribution in [0.25, 0.3) is 0 Å². The van der Waals surface area contributed by atoms with Gasteiger partial charge in [0.25, 0.3) is 5.91 Å². The SMILES string of the molecule is O=C(N[C@H]1CCCCC[C@@H]1CO)C1(O)CCCC1. The number of nitrogens with one attached hydrogen (secondary N) is 1. The molecule has 18 heavy (non-hydrogen) atoms. The first kappa shape index (κ1) is 13.8. The van der Waals surface area contributed by atoms with E-state index in [0.717, 1.165) is 38.5 Å². The molecule has 2 atom stereocenters. The minimum Gasteiger partial charge on any atom is -0.396 e. The number of carbonyl (C=O) groups excluding carboxylic acids is 1. The van der Waals surface area contributed by atoms with Crippen LogP contribution in [0, 0.1) is 5.92 Å². The fourth-order valence-electron chi connectivity index (χ4n) is 3.28. The summed E-state index contributed by atoms with van der Waals surface area (Å²) in [5.74, 6) is -0.0631. The summed E-state index contributed by atoms with van der Waals surface area (Å²) in [5, 5.41) is 22.7. The topological polar surface area (TPSA) is 69.6 Å². The Morgan fingerprint density at radius 3 is 2.44 bits per heavy atom. The highest BCUT2D eigenvalue weighted by Gasteiger charge is 2.40. The van der Waals surface area contributed by atoms with Gasteiger partial charge in [0.15, 0.2) is 0 Å². The van der Waals surface area contributed by atoms with Crippen LogP contribution in [-0.4, -0.2) is 34.4 Å². The van der Waals surface area contributed by atoms with Crippen molar-refractivity contribution < 1.29 is 15.0 Å². The minimum absolute atomic E-state index is 0.0367. The van der Waals surface area contributed by atoms with Gasteiger partial charge in [0.2, 0.25) is 0 Å². The van der Waals surface area contributed by atoms with E-state index in [4.69, 9.17) is 0 Å². The molecule has 0 bridgehead atoms. The maximum Gasteiger partial charge on any atom is 0.252 e. The van der Waals surface area contributed by atoms with Gasteiger partial charge in [-0.15, -0.1) is 0 Å². The maximum atomic E-state index is 12.2. The van der Waals surface area contributed by atoms with E-state index < -0.39 is 5.60 Å². The zero-order valence-electron chi connectivity index (χ0n) is 11.0. The second kappa shape index (κ2) is 6.02. The van der Waals surface area contributed by atoms with E-state index in [2.05, 4.69) is 5.32 Å². The lowest BCUT2D eigenvalue weighted by Crippen LogP contribution is -2.51. The second-order valence-electron chi connectivity index (χ2n) is 5.90. The van der Waals surface area contributed by atoms with Crippen LogP contribution < -0.4 is 5.32 Å². The van der Waals surface area contributed by atoms with Crippen molar-refractivity contribution >= 4 is 5.91 Å². The minimum atomic E-state index is -1.15. The van der Waals surface area contributed by atoms with Gasteiger partial charge in [0, 0.05) is 18.6 Å². The van der Waals surface area contributed by atoms with E-state index in [1.165, 1.54) is 6.42 Å². The van der Waals surface area contributed by atoms with Crippen molar-refractivity contribution in [2.24, 2.45) is 5.92 Å². The molecule has 0 aliphatic heterocycles. The molecule has 0 heterocycles. The molecule has 2 fully saturated rings. The molecule has 4 nitrogen and oxygen atoms in total. The molecule has 0 aromatic heterocycles. The average molecular weight is 255 g/mol. The van der Waals surface area contributed by atoms with Crippen molar-refractivity contribution in [2.45, 2.75) is 69.4 Å². The molecule has 3 N–H and O–H groups in total. The van der Waals surface area contributed by atoms with Gasteiger partial charge in [0.05, 0.1) is 0 Å². The molecule has 0 aromatic carbocycles. The average Bonchev–Trinajstić information content (AvgIpc) is 2.69. The van der Waals surface area contributed by atoms with E-state index in [1.807, 2.05) is 0 Å². The summed E-state index contributed by atoms with van der Waals surface area (Å²) in [4.78, 5) is 12.2. The van der Waals surface area contributed by atoms with Crippen LogP contribution >= 0.6 is 0 Å². The summed E-state index contributed by atoms with van der Waals surface area (Å²) < 4.78 is 0. The van der Waals surface area contributed by atoms with Crippen molar-refractivity contribution in [1.82, 2.24) is 5.32 Å². The summed E-state index contributed by atoms with van der Waals surface area (Å²) >= 11 is 0. The third kappa shape index (κ3) is 3.04. The molecular formula is C14H25NO3. The van der Waals surface area contributed by atoms with Crippen LogP contribution in [0.4, 0.5) is 0 Å². The van der Waals surface area contributed by atoms with E-state index in [1.54, 1.807) is 0 Å². The molecule has 2 rings (SSSR count). The van der Waals surface area contributed by atoms with Crippen LogP contribution in [0.2, 0.25) is 0 Å². The molecule has 2 aliphatic rings. The van der Waals surface area contributed by atoms with Gasteiger partial charge in [-0.05, 0) is 38.5 Å². The van der Waals surface area contributed by atoms with Gasteiger partial charge in [0.1, 0.15) is 5.60 Å². The van der Waals surface area contributed by atoms with Crippen molar-refractivity contribution in [2.75, 3.05) is 6.61 Å². The molecule has 0 unspecified atom stereocenters. The molecule has 2 aliphatic carbocycles. The van der Waals surface area contributed by atoms with Gasteiger partial charge in [-0.2, -0.15) is 0 Å². The van der Waals surface area contributed by atoms with Gasteiger partial charge in [-0.3, -0.25) is 4.79 Å². The first-order valence-corrected chi connectivity index (χ1v) is 7.30. The van der Waals surface area contributed by atoms with Gasteiger partial charge in [-0.1, -0.05) is 19.3 Å². The number of rotatable bonds is 3. The Hall–Kier alpha value is -0.610. The van der Waals surface area contributed by atoms with Crippen LogP contribution in [0.3, 0.4) is 0 Å². The van der Waals surface area contributed by atoms with Crippen LogP contribution in [0.1, 0.15) is 57.8 Å². The molecule has 0 radical (unpaired) electrons. The Kier molecular flexibility index (Phi) is 4.62. The first-order valence-electron chi connectivity index (χ1n) is 7.30. The molecule has 1 amide bonds. The second-order valence-corrected chi connectivity index (χ2v) is 5.90. The monoisotopic (exact) mass is 255 g/mol. The Bertz CT molecular complexity index is 287. The number of amides is 1. The van der Waals surface area contributed by atoms with Crippen molar-refractivity contribution in [1.29, 1.82) is 0 Å². The summed E-state index contributed by atoms with van der Waals surface area (Å²) in [6, 6.07) is 0.0367. The molecule has 0 saturated heterocycles. The Balaban J connectivity index is 1.95. The Morgan fingerprint density at radius 2 is 1.78 bits per heavy atom. The standard InChI is InChI=1S/C14H25NO3/c16-10-11-6-2-1-3-7-12(11)15-13(17)14(18)8-4-5-9-14/h11-12,16,18H,1-10H2,(H,15,17)/t11-,12+/m1/s1. The van der Waals surface area contributed by atoms with Crippen LogP contribution in [-0.2, 0) is 4.79 Å². The van der Waals surface area contributed by atoms with Crippen molar-refractivity contribution in [3.63, 3.8) is 0 Å². The molecular weight excluding hydrogens is 230 g/mol. The lowest BCUT2D eigenvalue weighted by atomic mass is 9.93. The normalized spacial score (nSPS) is 31.9. The fourth-order valence-corrected chi connectivity index (χ4v) is 3.28. The van der Waals surface area contributed by atoms with E-state index in [0.29, 0.717) is 12.8 Å². The van der Waals surface area contributed by atoms with Crippen LogP contribution in [0.15, 0.2) is 0 Å². The summed E-state index contributed by atoms with van der Waals surface area (Å²) in [5.41, 5.74) is -1.15. The first-order chi connectivity index (χ1) is 8.65.